The molecule has 10 aromatic rings. The Morgan fingerprint density at radius 2 is 1.06 bits per heavy atom. The van der Waals surface area contributed by atoms with Gasteiger partial charge in [0.05, 0.1) is 22.2 Å². The van der Waals surface area contributed by atoms with Crippen molar-refractivity contribution < 1.29 is 21.1 Å². The molecule has 0 bridgehead atoms. The van der Waals surface area contributed by atoms with Gasteiger partial charge in [-0.15, -0.1) is 0 Å². The van der Waals surface area contributed by atoms with E-state index >= 15 is 0 Å². The van der Waals surface area contributed by atoms with Crippen molar-refractivity contribution in [2.75, 3.05) is 0 Å². The average Bonchev–Trinajstić information content (AvgIpc) is 3.63. The van der Waals surface area contributed by atoms with Crippen molar-refractivity contribution in [2.24, 2.45) is 0 Å². The van der Waals surface area contributed by atoms with E-state index in [9.17, 15) is 0 Å². The Labute approximate surface area is 284 Å². The number of pyridine rings is 2. The molecule has 0 N–H and O–H groups in total. The molecule has 5 heteroatoms. The van der Waals surface area contributed by atoms with E-state index < -0.39 is 0 Å². The predicted molar refractivity (Wildman–Crippen MR) is 191 cm³/mol. The Morgan fingerprint density at radius 1 is 0.426 bits per heavy atom. The van der Waals surface area contributed by atoms with Crippen molar-refractivity contribution >= 4 is 65.3 Å². The van der Waals surface area contributed by atoms with E-state index in [1.807, 2.05) is 6.20 Å². The summed E-state index contributed by atoms with van der Waals surface area (Å²) in [5.41, 5.74) is 7.47. The summed E-state index contributed by atoms with van der Waals surface area (Å²) in [7, 11) is 0. The number of hydrogen-bond acceptors (Lipinski definition) is 2. The van der Waals surface area contributed by atoms with Gasteiger partial charge in [-0.3, -0.25) is 14.1 Å². The van der Waals surface area contributed by atoms with Gasteiger partial charge in [-0.05, 0) is 64.7 Å². The molecular weight excluding hydrogens is 756 g/mol. The summed E-state index contributed by atoms with van der Waals surface area (Å²) in [6.45, 7) is 0. The SMILES string of the molecule is [Pt+2].c1ccc2cc(-n3c4ccccc4c4ccc(-n5c6ccccc6c6ccc(-c7nccc8ccccc78)cc65)nc43)ccc2c1. The largest absolute Gasteiger partial charge is 2.00 e. The summed E-state index contributed by atoms with van der Waals surface area (Å²) < 4.78 is 4.61. The zero-order valence-electron chi connectivity index (χ0n) is 25.1. The molecule has 0 aliphatic rings. The van der Waals surface area contributed by atoms with Crippen LogP contribution in [0.4, 0.5) is 0 Å². The van der Waals surface area contributed by atoms with Crippen molar-refractivity contribution in [1.82, 2.24) is 19.1 Å². The molecule has 0 saturated heterocycles. The number of benzene rings is 6. The minimum Gasteiger partial charge on any atom is -0.294 e. The van der Waals surface area contributed by atoms with Gasteiger partial charge in [0.1, 0.15) is 11.5 Å². The molecule has 0 radical (unpaired) electrons. The molecule has 10 rings (SSSR count). The van der Waals surface area contributed by atoms with Crippen molar-refractivity contribution in [3.05, 3.63) is 158 Å². The Morgan fingerprint density at radius 3 is 1.89 bits per heavy atom. The maximum Gasteiger partial charge on any atom is 2.00 e. The number of nitrogens with zero attached hydrogens (tertiary/aromatic N) is 4. The normalized spacial score (nSPS) is 11.7. The summed E-state index contributed by atoms with van der Waals surface area (Å²) in [5, 5.41) is 9.48. The predicted octanol–water partition coefficient (Wildman–Crippen LogP) is 10.6. The first-order chi connectivity index (χ1) is 22.8. The molecule has 0 aliphatic heterocycles. The Kier molecular flexibility index (Phi) is 6.34. The summed E-state index contributed by atoms with van der Waals surface area (Å²) >= 11 is 0. The molecule has 6 aromatic carbocycles. The zero-order chi connectivity index (χ0) is 30.2. The molecule has 222 valence electrons. The minimum absolute atomic E-state index is 0. The van der Waals surface area contributed by atoms with Gasteiger partial charge >= 0.3 is 21.1 Å². The van der Waals surface area contributed by atoms with Crippen LogP contribution in [0.2, 0.25) is 0 Å². The second-order valence-corrected chi connectivity index (χ2v) is 11.9. The number of para-hydroxylation sites is 2. The monoisotopic (exact) mass is 781 g/mol. The van der Waals surface area contributed by atoms with Gasteiger partial charge in [-0.2, -0.15) is 0 Å². The molecule has 0 atom stereocenters. The van der Waals surface area contributed by atoms with Crippen LogP contribution in [0.25, 0.3) is 88.0 Å². The average molecular weight is 782 g/mol. The van der Waals surface area contributed by atoms with Gasteiger partial charge in [-0.25, -0.2) is 4.98 Å². The molecule has 0 amide bonds. The molecule has 4 heterocycles. The molecule has 0 fully saturated rings. The number of hydrogen-bond donors (Lipinski definition) is 0. The van der Waals surface area contributed by atoms with Gasteiger partial charge < -0.3 is 0 Å². The van der Waals surface area contributed by atoms with E-state index in [1.165, 1.54) is 32.3 Å². The van der Waals surface area contributed by atoms with Crippen LogP contribution in [0.1, 0.15) is 0 Å². The first-order valence-corrected chi connectivity index (χ1v) is 15.6. The van der Waals surface area contributed by atoms with E-state index in [4.69, 9.17) is 9.97 Å². The number of rotatable bonds is 3. The Balaban J connectivity index is 0.00000302. The molecule has 0 saturated carbocycles. The van der Waals surface area contributed by atoms with Crippen molar-refractivity contribution in [1.29, 1.82) is 0 Å². The summed E-state index contributed by atoms with van der Waals surface area (Å²) in [4.78, 5) is 10.3. The first-order valence-electron chi connectivity index (χ1n) is 15.6. The molecule has 4 aromatic heterocycles. The van der Waals surface area contributed by atoms with Gasteiger partial charge in [0.15, 0.2) is 0 Å². The van der Waals surface area contributed by atoms with Crippen LogP contribution >= 0.6 is 0 Å². The molecule has 0 aliphatic carbocycles. The smallest absolute Gasteiger partial charge is 0.294 e. The van der Waals surface area contributed by atoms with Crippen LogP contribution in [-0.4, -0.2) is 19.1 Å². The first kappa shape index (κ1) is 27.7. The Bertz CT molecular complexity index is 2820. The standard InChI is InChI=1S/C42H26N4.Pt/c1-2-11-29-25-31(19-17-27(29)9-1)45-37-15-7-6-14-34(37)36-21-22-40(44-42(36)45)46-38-16-8-5-13-33(38)35-20-18-30(26-39(35)46)41-32-12-4-3-10-28(32)23-24-43-41;/h1-26H;/q;+2. The maximum absolute atomic E-state index is 5.47. The summed E-state index contributed by atoms with van der Waals surface area (Å²) in [6.07, 6.45) is 1.90. The van der Waals surface area contributed by atoms with Gasteiger partial charge in [-0.1, -0.05) is 103 Å². The van der Waals surface area contributed by atoms with E-state index in [-0.39, 0.29) is 21.1 Å². The Hall–Kier alpha value is -5.57. The van der Waals surface area contributed by atoms with E-state index in [0.29, 0.717) is 0 Å². The number of fused-ring (bicyclic) bond motifs is 8. The van der Waals surface area contributed by atoms with E-state index in [2.05, 4.69) is 161 Å². The summed E-state index contributed by atoms with van der Waals surface area (Å²) in [6, 6.07) is 54.0. The molecular formula is C42H26N4Pt+2. The third-order valence-electron chi connectivity index (χ3n) is 9.35. The van der Waals surface area contributed by atoms with Crippen molar-refractivity contribution in [3.8, 4) is 22.8 Å². The minimum atomic E-state index is 0. The second kappa shape index (κ2) is 10.8. The fourth-order valence-electron chi connectivity index (χ4n) is 7.25. The molecule has 47 heavy (non-hydrogen) atoms. The zero-order valence-corrected chi connectivity index (χ0v) is 27.4. The van der Waals surface area contributed by atoms with Crippen LogP contribution in [0, 0.1) is 0 Å². The van der Waals surface area contributed by atoms with Crippen LogP contribution in [0.5, 0.6) is 0 Å². The molecule has 4 nitrogen and oxygen atoms in total. The van der Waals surface area contributed by atoms with Crippen LogP contribution < -0.4 is 0 Å². The van der Waals surface area contributed by atoms with Crippen molar-refractivity contribution in [2.45, 2.75) is 0 Å². The fraction of sp³-hybridized carbons (Fsp3) is 0. The summed E-state index contributed by atoms with van der Waals surface area (Å²) in [5.74, 6) is 0.881. The van der Waals surface area contributed by atoms with E-state index in [1.54, 1.807) is 0 Å². The molecule has 0 unspecified atom stereocenters. The van der Waals surface area contributed by atoms with Gasteiger partial charge in [0.2, 0.25) is 0 Å². The third-order valence-corrected chi connectivity index (χ3v) is 9.35. The van der Waals surface area contributed by atoms with Crippen LogP contribution in [-0.2, 0) is 21.1 Å². The van der Waals surface area contributed by atoms with Gasteiger partial charge in [0.25, 0.3) is 0 Å². The second-order valence-electron chi connectivity index (χ2n) is 11.9. The van der Waals surface area contributed by atoms with E-state index in [0.717, 1.165) is 55.7 Å². The maximum atomic E-state index is 5.47. The fourth-order valence-corrected chi connectivity index (χ4v) is 7.25. The van der Waals surface area contributed by atoms with Crippen LogP contribution in [0.15, 0.2) is 158 Å². The number of aromatic nitrogens is 4. The quantitative estimate of drug-likeness (QED) is 0.179. The molecule has 0 spiro atoms. The van der Waals surface area contributed by atoms with Crippen LogP contribution in [0.3, 0.4) is 0 Å². The van der Waals surface area contributed by atoms with Crippen molar-refractivity contribution in [3.63, 3.8) is 0 Å². The van der Waals surface area contributed by atoms with Gasteiger partial charge in [0, 0.05) is 44.4 Å². The third kappa shape index (κ3) is 4.19. The topological polar surface area (TPSA) is 35.6 Å².